The van der Waals surface area contributed by atoms with Crippen LogP contribution in [0.15, 0.2) is 41.9 Å². The first-order valence-corrected chi connectivity index (χ1v) is 9.33. The second-order valence-corrected chi connectivity index (χ2v) is 7.15. The summed E-state index contributed by atoms with van der Waals surface area (Å²) < 4.78 is 7.40. The average Bonchev–Trinajstić information content (AvgIpc) is 3.43. The van der Waals surface area contributed by atoms with Gasteiger partial charge >= 0.3 is 0 Å². The summed E-state index contributed by atoms with van der Waals surface area (Å²) in [6.07, 6.45) is 5.61. The van der Waals surface area contributed by atoms with E-state index in [0.717, 1.165) is 44.5 Å². The van der Waals surface area contributed by atoms with Gasteiger partial charge in [-0.25, -0.2) is 14.7 Å². The molecule has 0 amide bonds. The van der Waals surface area contributed by atoms with Crippen molar-refractivity contribution in [2.24, 2.45) is 10.4 Å². The monoisotopic (exact) mass is 354 g/mol. The Hall–Kier alpha value is -2.41. The van der Waals surface area contributed by atoms with Gasteiger partial charge in [0.2, 0.25) is 0 Å². The molecule has 0 radical (unpaired) electrons. The molecule has 7 heteroatoms. The van der Waals surface area contributed by atoms with Crippen LogP contribution in [0.2, 0.25) is 0 Å². The third-order valence-corrected chi connectivity index (χ3v) is 5.29. The van der Waals surface area contributed by atoms with Gasteiger partial charge in [0.25, 0.3) is 0 Å². The molecule has 1 unspecified atom stereocenters. The molecule has 4 rings (SSSR count). The van der Waals surface area contributed by atoms with E-state index in [0.29, 0.717) is 12.0 Å². The number of ether oxygens (including phenoxy) is 1. The van der Waals surface area contributed by atoms with Crippen molar-refractivity contribution in [2.75, 3.05) is 32.8 Å². The Labute approximate surface area is 154 Å². The number of hydrogen-bond donors (Lipinski definition) is 1. The minimum Gasteiger partial charge on any atom is -0.381 e. The molecule has 0 bridgehead atoms. The van der Waals surface area contributed by atoms with Crippen molar-refractivity contribution in [2.45, 2.75) is 26.3 Å². The highest BCUT2D eigenvalue weighted by Crippen LogP contribution is 2.38. The summed E-state index contributed by atoms with van der Waals surface area (Å²) in [4.78, 5) is 11.2. The molecule has 1 atom stereocenters. The summed E-state index contributed by atoms with van der Waals surface area (Å²) in [6, 6.07) is 8.29. The summed E-state index contributed by atoms with van der Waals surface area (Å²) in [5.74, 6) is 1.01. The Bertz CT molecular complexity index is 734. The first-order chi connectivity index (χ1) is 12.8. The highest BCUT2D eigenvalue weighted by molar-refractivity contribution is 5.80. The SMILES string of the molecule is CCNC(=NCc1ccc(-n2cncn2)cc1)N1CCC2(CCOC2)C1. The summed E-state index contributed by atoms with van der Waals surface area (Å²) >= 11 is 0. The van der Waals surface area contributed by atoms with Crippen LogP contribution in [0.25, 0.3) is 5.69 Å². The van der Waals surface area contributed by atoms with Gasteiger partial charge < -0.3 is 15.0 Å². The number of nitrogens with zero attached hydrogens (tertiary/aromatic N) is 5. The number of aliphatic imine (C=N–C) groups is 1. The molecule has 3 heterocycles. The summed E-state index contributed by atoms with van der Waals surface area (Å²) in [5, 5.41) is 7.60. The Morgan fingerprint density at radius 1 is 1.31 bits per heavy atom. The van der Waals surface area contributed by atoms with Crippen LogP contribution in [-0.4, -0.2) is 58.5 Å². The highest BCUT2D eigenvalue weighted by atomic mass is 16.5. The van der Waals surface area contributed by atoms with Crippen molar-refractivity contribution in [3.63, 3.8) is 0 Å². The number of guanidine groups is 1. The number of aromatic nitrogens is 3. The van der Waals surface area contributed by atoms with Crippen LogP contribution in [0.4, 0.5) is 0 Å². The van der Waals surface area contributed by atoms with Crippen molar-refractivity contribution >= 4 is 5.96 Å². The van der Waals surface area contributed by atoms with Crippen LogP contribution < -0.4 is 5.32 Å². The van der Waals surface area contributed by atoms with Gasteiger partial charge in [-0.1, -0.05) is 12.1 Å². The molecule has 1 N–H and O–H groups in total. The molecule has 7 nitrogen and oxygen atoms in total. The van der Waals surface area contributed by atoms with Crippen LogP contribution in [0.1, 0.15) is 25.3 Å². The second kappa shape index (κ2) is 7.45. The predicted octanol–water partition coefficient (Wildman–Crippen LogP) is 1.85. The smallest absolute Gasteiger partial charge is 0.194 e. The third kappa shape index (κ3) is 3.58. The van der Waals surface area contributed by atoms with E-state index in [1.54, 1.807) is 17.3 Å². The average molecular weight is 354 g/mol. The Morgan fingerprint density at radius 3 is 2.88 bits per heavy atom. The molecule has 2 aliphatic heterocycles. The zero-order valence-electron chi connectivity index (χ0n) is 15.3. The van der Waals surface area contributed by atoms with Gasteiger partial charge in [0.1, 0.15) is 12.7 Å². The molecule has 26 heavy (non-hydrogen) atoms. The lowest BCUT2D eigenvalue weighted by Gasteiger charge is -2.25. The quantitative estimate of drug-likeness (QED) is 0.670. The molecule has 2 aliphatic rings. The summed E-state index contributed by atoms with van der Waals surface area (Å²) in [7, 11) is 0. The van der Waals surface area contributed by atoms with Crippen LogP contribution >= 0.6 is 0 Å². The lowest BCUT2D eigenvalue weighted by Crippen LogP contribution is -2.41. The molecule has 0 saturated carbocycles. The molecule has 0 aliphatic carbocycles. The van der Waals surface area contributed by atoms with E-state index >= 15 is 0 Å². The van der Waals surface area contributed by atoms with Crippen molar-refractivity contribution < 1.29 is 4.74 Å². The molecule has 1 aromatic carbocycles. The van der Waals surface area contributed by atoms with Crippen molar-refractivity contribution in [3.05, 3.63) is 42.5 Å². The Balaban J connectivity index is 1.43. The maximum atomic E-state index is 5.64. The predicted molar refractivity (Wildman–Crippen MR) is 100 cm³/mol. The molecule has 1 spiro atoms. The lowest BCUT2D eigenvalue weighted by molar-refractivity contribution is 0.156. The fourth-order valence-electron chi connectivity index (χ4n) is 3.77. The van der Waals surface area contributed by atoms with Crippen molar-refractivity contribution in [1.82, 2.24) is 25.0 Å². The van der Waals surface area contributed by atoms with E-state index in [9.17, 15) is 0 Å². The first kappa shape index (κ1) is 17.0. The van der Waals surface area contributed by atoms with E-state index in [-0.39, 0.29) is 0 Å². The fraction of sp³-hybridized carbons (Fsp3) is 0.526. The summed E-state index contributed by atoms with van der Waals surface area (Å²) in [5.41, 5.74) is 2.53. The fourth-order valence-corrected chi connectivity index (χ4v) is 3.77. The van der Waals surface area contributed by atoms with E-state index in [4.69, 9.17) is 9.73 Å². The van der Waals surface area contributed by atoms with Crippen LogP contribution in [0, 0.1) is 5.41 Å². The topological polar surface area (TPSA) is 67.6 Å². The Morgan fingerprint density at radius 2 is 2.19 bits per heavy atom. The number of hydrogen-bond acceptors (Lipinski definition) is 4. The Kier molecular flexibility index (Phi) is 4.88. The van der Waals surface area contributed by atoms with Gasteiger partial charge in [-0.05, 0) is 37.5 Å². The molecule has 2 fully saturated rings. The number of likely N-dealkylation sites (tertiary alicyclic amines) is 1. The third-order valence-electron chi connectivity index (χ3n) is 5.29. The van der Waals surface area contributed by atoms with Gasteiger partial charge in [-0.3, -0.25) is 0 Å². The zero-order chi connectivity index (χ0) is 17.8. The van der Waals surface area contributed by atoms with Gasteiger partial charge in [0, 0.05) is 31.7 Å². The number of nitrogens with one attached hydrogen (secondary N) is 1. The standard InChI is InChI=1S/C19H26N6O/c1-2-21-18(24-9-7-19(12-24)8-10-26-13-19)22-11-16-3-5-17(6-4-16)25-15-20-14-23-25/h3-6,14-15H,2,7-13H2,1H3,(H,21,22). The van der Waals surface area contributed by atoms with Crippen LogP contribution in [-0.2, 0) is 11.3 Å². The largest absolute Gasteiger partial charge is 0.381 e. The molecular formula is C19H26N6O. The number of rotatable bonds is 4. The van der Waals surface area contributed by atoms with Gasteiger partial charge in [-0.15, -0.1) is 0 Å². The maximum Gasteiger partial charge on any atom is 0.194 e. The second-order valence-electron chi connectivity index (χ2n) is 7.15. The first-order valence-electron chi connectivity index (χ1n) is 9.33. The lowest BCUT2D eigenvalue weighted by atomic mass is 9.87. The molecular weight excluding hydrogens is 328 g/mol. The highest BCUT2D eigenvalue weighted by Gasteiger charge is 2.42. The minimum atomic E-state index is 0.343. The van der Waals surface area contributed by atoms with Crippen LogP contribution in [0.5, 0.6) is 0 Å². The molecule has 138 valence electrons. The van der Waals surface area contributed by atoms with E-state index in [1.807, 2.05) is 12.1 Å². The molecule has 2 aromatic rings. The summed E-state index contributed by atoms with van der Waals surface area (Å²) in [6.45, 7) is 7.56. The maximum absolute atomic E-state index is 5.64. The van der Waals surface area contributed by atoms with Crippen LogP contribution in [0.3, 0.4) is 0 Å². The van der Waals surface area contributed by atoms with Gasteiger partial charge in [0.15, 0.2) is 5.96 Å². The van der Waals surface area contributed by atoms with E-state index in [2.05, 4.69) is 39.4 Å². The van der Waals surface area contributed by atoms with Crippen molar-refractivity contribution in [1.29, 1.82) is 0 Å². The van der Waals surface area contributed by atoms with E-state index < -0.39 is 0 Å². The van der Waals surface area contributed by atoms with Crippen molar-refractivity contribution in [3.8, 4) is 5.69 Å². The normalized spacial score (nSPS) is 23.1. The molecule has 2 saturated heterocycles. The number of benzene rings is 1. The minimum absolute atomic E-state index is 0.343. The van der Waals surface area contributed by atoms with E-state index in [1.165, 1.54) is 18.4 Å². The molecule has 1 aromatic heterocycles. The zero-order valence-corrected chi connectivity index (χ0v) is 15.3. The van der Waals surface area contributed by atoms with Gasteiger partial charge in [-0.2, -0.15) is 5.10 Å². The van der Waals surface area contributed by atoms with Gasteiger partial charge in [0.05, 0.1) is 18.8 Å².